The van der Waals surface area contributed by atoms with E-state index in [1.165, 1.54) is 102 Å². The zero-order valence-corrected chi connectivity index (χ0v) is 20.1. The molecule has 0 N–H and O–H groups in total. The Balaban J connectivity index is 1.77. The third kappa shape index (κ3) is 16.5. The third-order valence-corrected chi connectivity index (χ3v) is 6.00. The predicted octanol–water partition coefficient (Wildman–Crippen LogP) is 9.08. The maximum absolute atomic E-state index is 11.8. The molecule has 0 saturated carbocycles. The van der Waals surface area contributed by atoms with Crippen LogP contribution >= 0.6 is 0 Å². The molecule has 1 rings (SSSR count). The zero-order chi connectivity index (χ0) is 21.7. The van der Waals surface area contributed by atoms with Gasteiger partial charge >= 0.3 is 5.97 Å². The standard InChI is InChI=1S/C28H48O2/c1-3-4-5-6-7-8-9-10-11-12-13-14-15-16-17-18-19-20-28(29)30-25-27-23-21-26(2)22-24-27/h21-24H,3-20,25H2,1-2H3. The number of unbranched alkanes of at least 4 members (excludes halogenated alkanes) is 16. The summed E-state index contributed by atoms with van der Waals surface area (Å²) in [4.78, 5) is 11.8. The van der Waals surface area contributed by atoms with Crippen LogP contribution in [0, 0.1) is 6.92 Å². The van der Waals surface area contributed by atoms with E-state index in [2.05, 4.69) is 26.0 Å². The van der Waals surface area contributed by atoms with Crippen LogP contribution in [-0.4, -0.2) is 5.97 Å². The first-order valence-corrected chi connectivity index (χ1v) is 12.9. The van der Waals surface area contributed by atoms with E-state index in [0.717, 1.165) is 18.4 Å². The number of hydrogen-bond donors (Lipinski definition) is 0. The van der Waals surface area contributed by atoms with Crippen LogP contribution in [-0.2, 0) is 16.1 Å². The lowest BCUT2D eigenvalue weighted by Gasteiger charge is -2.06. The Hall–Kier alpha value is -1.31. The zero-order valence-electron chi connectivity index (χ0n) is 20.1. The highest BCUT2D eigenvalue weighted by atomic mass is 16.5. The molecule has 0 fully saturated rings. The second kappa shape index (κ2) is 19.6. The lowest BCUT2D eigenvalue weighted by atomic mass is 10.0. The fourth-order valence-electron chi connectivity index (χ4n) is 3.91. The van der Waals surface area contributed by atoms with Crippen LogP contribution in [0.2, 0.25) is 0 Å². The normalized spacial score (nSPS) is 11.0. The maximum atomic E-state index is 11.8. The minimum Gasteiger partial charge on any atom is -0.461 e. The molecule has 0 aliphatic heterocycles. The highest BCUT2D eigenvalue weighted by Gasteiger charge is 2.03. The summed E-state index contributed by atoms with van der Waals surface area (Å²) in [7, 11) is 0. The molecule has 0 atom stereocenters. The fraction of sp³-hybridized carbons (Fsp3) is 0.750. The number of aryl methyl sites for hydroxylation is 1. The lowest BCUT2D eigenvalue weighted by molar-refractivity contribution is -0.145. The maximum Gasteiger partial charge on any atom is 0.306 e. The summed E-state index contributed by atoms with van der Waals surface area (Å²) in [5.41, 5.74) is 2.30. The van der Waals surface area contributed by atoms with E-state index in [-0.39, 0.29) is 5.97 Å². The first-order valence-electron chi connectivity index (χ1n) is 12.9. The van der Waals surface area contributed by atoms with E-state index >= 15 is 0 Å². The van der Waals surface area contributed by atoms with E-state index in [0.29, 0.717) is 13.0 Å². The van der Waals surface area contributed by atoms with Crippen molar-refractivity contribution >= 4 is 5.97 Å². The molecule has 0 aliphatic carbocycles. The van der Waals surface area contributed by atoms with E-state index in [1.54, 1.807) is 0 Å². The highest BCUT2D eigenvalue weighted by molar-refractivity contribution is 5.69. The number of carbonyl (C=O) groups is 1. The van der Waals surface area contributed by atoms with Crippen LogP contribution in [0.3, 0.4) is 0 Å². The molecule has 0 heterocycles. The van der Waals surface area contributed by atoms with Crippen molar-refractivity contribution in [1.29, 1.82) is 0 Å². The number of ether oxygens (including phenoxy) is 1. The molecule has 0 aromatic heterocycles. The van der Waals surface area contributed by atoms with Gasteiger partial charge in [0.1, 0.15) is 6.61 Å². The van der Waals surface area contributed by atoms with Crippen LogP contribution in [0.1, 0.15) is 134 Å². The summed E-state index contributed by atoms with van der Waals surface area (Å²) in [6, 6.07) is 8.16. The summed E-state index contributed by atoms with van der Waals surface area (Å²) in [6.45, 7) is 4.75. The molecule has 0 radical (unpaired) electrons. The molecule has 30 heavy (non-hydrogen) atoms. The molecule has 0 spiro atoms. The minimum absolute atomic E-state index is 0.0588. The Kier molecular flexibility index (Phi) is 17.5. The molecule has 0 bridgehead atoms. The second-order valence-corrected chi connectivity index (χ2v) is 9.05. The van der Waals surface area contributed by atoms with Crippen molar-refractivity contribution in [1.82, 2.24) is 0 Å². The first-order chi connectivity index (χ1) is 14.7. The topological polar surface area (TPSA) is 26.3 Å². The van der Waals surface area contributed by atoms with Crippen molar-refractivity contribution in [2.24, 2.45) is 0 Å². The van der Waals surface area contributed by atoms with E-state index in [1.807, 2.05) is 12.1 Å². The van der Waals surface area contributed by atoms with Gasteiger partial charge in [0.05, 0.1) is 0 Å². The van der Waals surface area contributed by atoms with Crippen LogP contribution in [0.15, 0.2) is 24.3 Å². The van der Waals surface area contributed by atoms with Crippen LogP contribution in [0.5, 0.6) is 0 Å². The molecule has 0 unspecified atom stereocenters. The fourth-order valence-corrected chi connectivity index (χ4v) is 3.91. The number of carbonyl (C=O) groups excluding carboxylic acids is 1. The molecule has 0 aliphatic rings. The smallest absolute Gasteiger partial charge is 0.306 e. The number of hydrogen-bond acceptors (Lipinski definition) is 2. The Morgan fingerprint density at radius 1 is 0.633 bits per heavy atom. The largest absolute Gasteiger partial charge is 0.461 e. The lowest BCUT2D eigenvalue weighted by Crippen LogP contribution is -2.04. The molecular weight excluding hydrogens is 368 g/mol. The molecule has 1 aromatic rings. The van der Waals surface area contributed by atoms with E-state index in [9.17, 15) is 4.79 Å². The predicted molar refractivity (Wildman–Crippen MR) is 130 cm³/mol. The van der Waals surface area contributed by atoms with Crippen molar-refractivity contribution in [2.75, 3.05) is 0 Å². The van der Waals surface area contributed by atoms with Crippen molar-refractivity contribution in [2.45, 2.75) is 136 Å². The van der Waals surface area contributed by atoms with Gasteiger partial charge in [-0.15, -0.1) is 0 Å². The van der Waals surface area contributed by atoms with Crippen molar-refractivity contribution in [3.05, 3.63) is 35.4 Å². The Morgan fingerprint density at radius 3 is 1.47 bits per heavy atom. The van der Waals surface area contributed by atoms with Gasteiger partial charge in [0.2, 0.25) is 0 Å². The van der Waals surface area contributed by atoms with Crippen LogP contribution < -0.4 is 0 Å². The van der Waals surface area contributed by atoms with Gasteiger partial charge in [0.25, 0.3) is 0 Å². The second-order valence-electron chi connectivity index (χ2n) is 9.05. The van der Waals surface area contributed by atoms with Gasteiger partial charge in [-0.1, -0.05) is 139 Å². The number of esters is 1. The minimum atomic E-state index is -0.0588. The summed E-state index contributed by atoms with van der Waals surface area (Å²) < 4.78 is 5.36. The van der Waals surface area contributed by atoms with Gasteiger partial charge in [-0.3, -0.25) is 4.79 Å². The summed E-state index contributed by atoms with van der Waals surface area (Å²) >= 11 is 0. The average molecular weight is 417 g/mol. The molecule has 2 heteroatoms. The number of benzene rings is 1. The summed E-state index contributed by atoms with van der Waals surface area (Å²) in [5.74, 6) is -0.0588. The quantitative estimate of drug-likeness (QED) is 0.156. The number of rotatable bonds is 20. The molecule has 0 saturated heterocycles. The van der Waals surface area contributed by atoms with Gasteiger partial charge in [0.15, 0.2) is 0 Å². The van der Waals surface area contributed by atoms with Gasteiger partial charge in [-0.25, -0.2) is 0 Å². The summed E-state index contributed by atoms with van der Waals surface area (Å²) in [6.07, 6.45) is 23.7. The van der Waals surface area contributed by atoms with Crippen molar-refractivity contribution < 1.29 is 9.53 Å². The SMILES string of the molecule is CCCCCCCCCCCCCCCCCCCC(=O)OCc1ccc(C)cc1. The van der Waals surface area contributed by atoms with Crippen LogP contribution in [0.25, 0.3) is 0 Å². The van der Waals surface area contributed by atoms with Gasteiger partial charge in [0, 0.05) is 6.42 Å². The molecule has 2 nitrogen and oxygen atoms in total. The first kappa shape index (κ1) is 26.7. The Morgan fingerprint density at radius 2 is 1.03 bits per heavy atom. The van der Waals surface area contributed by atoms with Gasteiger partial charge in [-0.05, 0) is 18.9 Å². The molecular formula is C28H48O2. The highest BCUT2D eigenvalue weighted by Crippen LogP contribution is 2.14. The summed E-state index contributed by atoms with van der Waals surface area (Å²) in [5, 5.41) is 0. The monoisotopic (exact) mass is 416 g/mol. The molecule has 1 aromatic carbocycles. The van der Waals surface area contributed by atoms with Crippen LogP contribution in [0.4, 0.5) is 0 Å². The Bertz CT molecular complexity index is 506. The molecule has 0 amide bonds. The third-order valence-electron chi connectivity index (χ3n) is 6.00. The van der Waals surface area contributed by atoms with Gasteiger partial charge in [-0.2, -0.15) is 0 Å². The van der Waals surface area contributed by atoms with E-state index in [4.69, 9.17) is 4.74 Å². The van der Waals surface area contributed by atoms with Gasteiger partial charge < -0.3 is 4.74 Å². The van der Waals surface area contributed by atoms with Crippen molar-refractivity contribution in [3.8, 4) is 0 Å². The van der Waals surface area contributed by atoms with Crippen molar-refractivity contribution in [3.63, 3.8) is 0 Å². The average Bonchev–Trinajstić information content (AvgIpc) is 2.75. The van der Waals surface area contributed by atoms with E-state index < -0.39 is 0 Å². The molecule has 172 valence electrons. The Labute approximate surface area is 187 Å².